The number of rotatable bonds is 6. The SMILES string of the molecule is CC(CC(=O)NCC1(C(=O)O)CCOCC1)c1ccccc1C(F)(F)F. The number of carboxylic acids is 1. The molecule has 1 saturated heterocycles. The Bertz CT molecular complexity index is 654. The van der Waals surface area contributed by atoms with E-state index in [1.165, 1.54) is 18.2 Å². The van der Waals surface area contributed by atoms with Crippen molar-refractivity contribution in [2.24, 2.45) is 5.41 Å². The second kappa shape index (κ2) is 8.07. The van der Waals surface area contributed by atoms with Crippen LogP contribution in [0.1, 0.15) is 43.2 Å². The predicted molar refractivity (Wildman–Crippen MR) is 87.6 cm³/mol. The lowest BCUT2D eigenvalue weighted by Crippen LogP contribution is -2.46. The summed E-state index contributed by atoms with van der Waals surface area (Å²) in [4.78, 5) is 23.7. The summed E-state index contributed by atoms with van der Waals surface area (Å²) in [5, 5.41) is 12.0. The lowest BCUT2D eigenvalue weighted by Gasteiger charge is -2.33. The van der Waals surface area contributed by atoms with E-state index in [4.69, 9.17) is 4.74 Å². The minimum atomic E-state index is -4.49. The first kappa shape index (κ1) is 20.2. The molecule has 1 aliphatic rings. The Kier molecular flexibility index (Phi) is 6.28. The van der Waals surface area contributed by atoms with E-state index in [0.29, 0.717) is 13.2 Å². The van der Waals surface area contributed by atoms with E-state index >= 15 is 0 Å². The monoisotopic (exact) mass is 373 g/mol. The molecule has 0 saturated carbocycles. The normalized spacial score (nSPS) is 18.2. The summed E-state index contributed by atoms with van der Waals surface area (Å²) in [6.45, 7) is 2.10. The second-order valence-electron chi connectivity index (χ2n) is 6.66. The number of carbonyl (C=O) groups is 2. The Morgan fingerprint density at radius 2 is 1.88 bits per heavy atom. The minimum absolute atomic E-state index is 0.0502. The zero-order valence-electron chi connectivity index (χ0n) is 14.4. The molecule has 2 rings (SSSR count). The minimum Gasteiger partial charge on any atom is -0.481 e. The fraction of sp³-hybridized carbons (Fsp3) is 0.556. The third kappa shape index (κ3) is 4.75. The van der Waals surface area contributed by atoms with Crippen LogP contribution in [0.4, 0.5) is 13.2 Å². The van der Waals surface area contributed by atoms with Gasteiger partial charge in [-0.2, -0.15) is 13.2 Å². The van der Waals surface area contributed by atoms with Crippen molar-refractivity contribution in [3.8, 4) is 0 Å². The van der Waals surface area contributed by atoms with E-state index in [9.17, 15) is 27.9 Å². The molecule has 1 unspecified atom stereocenters. The highest BCUT2D eigenvalue weighted by Crippen LogP contribution is 2.36. The number of hydrogen-bond acceptors (Lipinski definition) is 3. The van der Waals surface area contributed by atoms with Gasteiger partial charge < -0.3 is 15.2 Å². The van der Waals surface area contributed by atoms with Crippen LogP contribution in [0.25, 0.3) is 0 Å². The van der Waals surface area contributed by atoms with E-state index in [1.54, 1.807) is 6.92 Å². The molecule has 0 radical (unpaired) electrons. The largest absolute Gasteiger partial charge is 0.481 e. The molecule has 1 aromatic rings. The number of amides is 1. The zero-order chi connectivity index (χ0) is 19.4. The van der Waals surface area contributed by atoms with Crippen LogP contribution in [0, 0.1) is 5.41 Å². The van der Waals surface area contributed by atoms with Crippen LogP contribution in [-0.2, 0) is 20.5 Å². The van der Waals surface area contributed by atoms with Crippen LogP contribution in [-0.4, -0.2) is 36.7 Å². The van der Waals surface area contributed by atoms with Crippen molar-refractivity contribution in [2.75, 3.05) is 19.8 Å². The van der Waals surface area contributed by atoms with Gasteiger partial charge in [0.15, 0.2) is 0 Å². The number of carboxylic acid groups (broad SMARTS) is 1. The fourth-order valence-electron chi connectivity index (χ4n) is 3.14. The quantitative estimate of drug-likeness (QED) is 0.803. The fourth-order valence-corrected chi connectivity index (χ4v) is 3.14. The molecular weight excluding hydrogens is 351 g/mol. The van der Waals surface area contributed by atoms with Crippen molar-refractivity contribution in [1.29, 1.82) is 0 Å². The lowest BCUT2D eigenvalue weighted by atomic mass is 9.80. The smallest absolute Gasteiger partial charge is 0.416 e. The standard InChI is InChI=1S/C18H22F3NO4/c1-12(13-4-2-3-5-14(13)18(19,20)21)10-15(23)22-11-17(16(24)25)6-8-26-9-7-17/h2-5,12H,6-11H2,1H3,(H,22,23)(H,24,25). The number of carbonyl (C=O) groups excluding carboxylic acids is 1. The third-order valence-corrected chi connectivity index (χ3v) is 4.82. The third-order valence-electron chi connectivity index (χ3n) is 4.82. The van der Waals surface area contributed by atoms with Crippen molar-refractivity contribution >= 4 is 11.9 Å². The summed E-state index contributed by atoms with van der Waals surface area (Å²) in [6, 6.07) is 5.16. The van der Waals surface area contributed by atoms with Gasteiger partial charge in [-0.25, -0.2) is 0 Å². The average molecular weight is 373 g/mol. The second-order valence-corrected chi connectivity index (χ2v) is 6.66. The summed E-state index contributed by atoms with van der Waals surface area (Å²) in [5.74, 6) is -2.12. The number of halogens is 3. The summed E-state index contributed by atoms with van der Waals surface area (Å²) >= 11 is 0. The summed E-state index contributed by atoms with van der Waals surface area (Å²) < 4.78 is 44.5. The van der Waals surface area contributed by atoms with Gasteiger partial charge in [-0.1, -0.05) is 25.1 Å². The van der Waals surface area contributed by atoms with Gasteiger partial charge in [-0.3, -0.25) is 9.59 Å². The van der Waals surface area contributed by atoms with Gasteiger partial charge in [0.1, 0.15) is 0 Å². The molecule has 26 heavy (non-hydrogen) atoms. The molecule has 1 fully saturated rings. The molecule has 2 N–H and O–H groups in total. The summed E-state index contributed by atoms with van der Waals surface area (Å²) in [5.41, 5.74) is -1.79. The number of hydrogen-bond donors (Lipinski definition) is 2. The Morgan fingerprint density at radius 3 is 2.46 bits per heavy atom. The highest BCUT2D eigenvalue weighted by molar-refractivity contribution is 5.79. The number of alkyl halides is 3. The predicted octanol–water partition coefficient (Wildman–Crippen LogP) is 3.20. The van der Waals surface area contributed by atoms with Gasteiger partial charge in [0.2, 0.25) is 5.91 Å². The first-order valence-corrected chi connectivity index (χ1v) is 8.40. The van der Waals surface area contributed by atoms with E-state index in [0.717, 1.165) is 6.07 Å². The molecule has 144 valence electrons. The number of ether oxygens (including phenoxy) is 1. The molecule has 0 aliphatic carbocycles. The molecule has 5 nitrogen and oxygen atoms in total. The van der Waals surface area contributed by atoms with Gasteiger partial charge in [0.25, 0.3) is 0 Å². The molecule has 0 aromatic heterocycles. The topological polar surface area (TPSA) is 75.6 Å². The highest BCUT2D eigenvalue weighted by atomic mass is 19.4. The zero-order valence-corrected chi connectivity index (χ0v) is 14.4. The maximum atomic E-state index is 13.1. The van der Waals surface area contributed by atoms with E-state index in [1.807, 2.05) is 0 Å². The number of nitrogens with one attached hydrogen (secondary N) is 1. The van der Waals surface area contributed by atoms with Crippen LogP contribution < -0.4 is 5.32 Å². The van der Waals surface area contributed by atoms with E-state index < -0.39 is 34.9 Å². The van der Waals surface area contributed by atoms with Gasteiger partial charge in [-0.05, 0) is 30.4 Å². The molecule has 1 atom stereocenters. The van der Waals surface area contributed by atoms with Gasteiger partial charge in [0, 0.05) is 26.2 Å². The molecule has 1 aliphatic heterocycles. The van der Waals surface area contributed by atoms with Crippen LogP contribution >= 0.6 is 0 Å². The lowest BCUT2D eigenvalue weighted by molar-refractivity contribution is -0.154. The van der Waals surface area contributed by atoms with Crippen molar-refractivity contribution in [3.63, 3.8) is 0 Å². The van der Waals surface area contributed by atoms with Gasteiger partial charge in [-0.15, -0.1) is 0 Å². The van der Waals surface area contributed by atoms with E-state index in [2.05, 4.69) is 5.32 Å². The van der Waals surface area contributed by atoms with Gasteiger partial charge in [0.05, 0.1) is 11.0 Å². The van der Waals surface area contributed by atoms with Crippen molar-refractivity contribution in [1.82, 2.24) is 5.32 Å². The average Bonchev–Trinajstić information content (AvgIpc) is 2.60. The number of aliphatic carboxylic acids is 1. The van der Waals surface area contributed by atoms with Crippen molar-refractivity contribution < 1.29 is 32.6 Å². The molecule has 1 aromatic carbocycles. The molecule has 0 bridgehead atoms. The van der Waals surface area contributed by atoms with Crippen LogP contribution in [0.2, 0.25) is 0 Å². The highest BCUT2D eigenvalue weighted by Gasteiger charge is 2.40. The maximum Gasteiger partial charge on any atom is 0.416 e. The summed E-state index contributed by atoms with van der Waals surface area (Å²) in [7, 11) is 0. The van der Waals surface area contributed by atoms with Crippen LogP contribution in [0.3, 0.4) is 0 Å². The Labute approximate surface area is 149 Å². The summed E-state index contributed by atoms with van der Waals surface area (Å²) in [6.07, 6.45) is -4.07. The van der Waals surface area contributed by atoms with Crippen LogP contribution in [0.5, 0.6) is 0 Å². The van der Waals surface area contributed by atoms with Crippen molar-refractivity contribution in [2.45, 2.75) is 38.3 Å². The Balaban J connectivity index is 2.01. The Hall–Kier alpha value is -2.09. The van der Waals surface area contributed by atoms with E-state index in [-0.39, 0.29) is 31.4 Å². The molecule has 1 amide bonds. The van der Waals surface area contributed by atoms with Crippen LogP contribution in [0.15, 0.2) is 24.3 Å². The first-order valence-electron chi connectivity index (χ1n) is 8.40. The van der Waals surface area contributed by atoms with Gasteiger partial charge >= 0.3 is 12.1 Å². The molecule has 0 spiro atoms. The molecular formula is C18H22F3NO4. The van der Waals surface area contributed by atoms with Crippen molar-refractivity contribution in [3.05, 3.63) is 35.4 Å². The number of benzene rings is 1. The first-order chi connectivity index (χ1) is 12.2. The molecule has 1 heterocycles. The molecule has 8 heteroatoms. The maximum absolute atomic E-state index is 13.1. The Morgan fingerprint density at radius 1 is 1.27 bits per heavy atom.